The Bertz CT molecular complexity index is 3750. The number of rotatable bonds is 5. The minimum atomic E-state index is 0.560. The number of hydrogen-bond donors (Lipinski definition) is 0. The van der Waals surface area contributed by atoms with Crippen molar-refractivity contribution in [2.45, 2.75) is 0 Å². The summed E-state index contributed by atoms with van der Waals surface area (Å²) in [5, 5.41) is 53.1. The van der Waals surface area contributed by atoms with Crippen LogP contribution in [0.15, 0.2) is 158 Å². The van der Waals surface area contributed by atoms with Crippen molar-refractivity contribution in [3.05, 3.63) is 186 Å². The highest BCUT2D eigenvalue weighted by atomic mass is 32.1. The Morgan fingerprint density at radius 3 is 1.19 bits per heavy atom. The molecule has 63 heavy (non-hydrogen) atoms. The zero-order chi connectivity index (χ0) is 42.8. The van der Waals surface area contributed by atoms with Gasteiger partial charge in [0.05, 0.1) is 90.4 Å². The van der Waals surface area contributed by atoms with E-state index in [0.717, 1.165) is 98.0 Å². The number of hydrogen-bond acceptors (Lipinski definition) is 7. The lowest BCUT2D eigenvalue weighted by atomic mass is 9.94. The van der Waals surface area contributed by atoms with E-state index >= 15 is 0 Å². The molecule has 0 aliphatic carbocycles. The molecule has 3 aromatic heterocycles. The maximum atomic E-state index is 9.94. The van der Waals surface area contributed by atoms with Crippen LogP contribution in [0.3, 0.4) is 0 Å². The lowest BCUT2D eigenvalue weighted by Gasteiger charge is -2.12. The normalized spacial score (nSPS) is 11.1. The summed E-state index contributed by atoms with van der Waals surface area (Å²) in [6, 6.07) is 62.6. The third-order valence-electron chi connectivity index (χ3n) is 11.7. The summed E-state index contributed by atoms with van der Waals surface area (Å²) < 4.78 is 5.25. The summed E-state index contributed by atoms with van der Waals surface area (Å²) in [6.45, 7) is 0. The first-order chi connectivity index (χ1) is 30.9. The molecule has 0 amide bonds. The first-order valence-corrected chi connectivity index (χ1v) is 20.7. The van der Waals surface area contributed by atoms with Crippen molar-refractivity contribution in [2.75, 3.05) is 0 Å². The molecule has 11 rings (SSSR count). The second kappa shape index (κ2) is 14.5. The van der Waals surface area contributed by atoms with Gasteiger partial charge in [-0.15, -0.1) is 11.3 Å². The Morgan fingerprint density at radius 1 is 0.349 bits per heavy atom. The molecular formula is C54H26N8S. The molecule has 0 radical (unpaired) electrons. The lowest BCUT2D eigenvalue weighted by Crippen LogP contribution is -1.94. The van der Waals surface area contributed by atoms with E-state index in [1.807, 2.05) is 97.1 Å². The second-order valence-electron chi connectivity index (χ2n) is 15.3. The van der Waals surface area contributed by atoms with E-state index in [2.05, 4.69) is 94.1 Å². The SMILES string of the molecule is N#Cc1ccc(-n2c3ccc(C#N)cc3c3cc(-c4cc(-c5ccc6c(c5)c5cc(C#N)ccc5n6-c5ccc(C#N)cc5)cc(-c5nc6ccc(C#N)cc6s5)c4)ccc32)cc1. The van der Waals surface area contributed by atoms with Gasteiger partial charge in [-0.3, -0.25) is 0 Å². The molecule has 0 atom stereocenters. The summed E-state index contributed by atoms with van der Waals surface area (Å²) in [5.41, 5.74) is 14.1. The Hall–Kier alpha value is -9.30. The monoisotopic (exact) mass is 818 g/mol. The van der Waals surface area contributed by atoms with Crippen molar-refractivity contribution >= 4 is 65.2 Å². The van der Waals surface area contributed by atoms with Crippen LogP contribution in [0, 0.1) is 56.7 Å². The zero-order valence-electron chi connectivity index (χ0n) is 33.0. The summed E-state index contributed by atoms with van der Waals surface area (Å²) in [5.74, 6) is 0. The second-order valence-corrected chi connectivity index (χ2v) is 16.3. The van der Waals surface area contributed by atoms with Crippen molar-refractivity contribution in [3.63, 3.8) is 0 Å². The first kappa shape index (κ1) is 36.8. The van der Waals surface area contributed by atoms with Gasteiger partial charge in [-0.05, 0) is 168 Å². The average Bonchev–Trinajstić information content (AvgIpc) is 4.02. The van der Waals surface area contributed by atoms with Crippen LogP contribution in [-0.4, -0.2) is 14.1 Å². The van der Waals surface area contributed by atoms with E-state index in [-0.39, 0.29) is 0 Å². The van der Waals surface area contributed by atoms with Crippen molar-refractivity contribution in [3.8, 4) is 74.5 Å². The number of benzene rings is 8. The molecule has 9 heteroatoms. The van der Waals surface area contributed by atoms with E-state index in [0.29, 0.717) is 27.8 Å². The van der Waals surface area contributed by atoms with Crippen LogP contribution in [-0.2, 0) is 0 Å². The number of nitriles is 5. The van der Waals surface area contributed by atoms with Gasteiger partial charge in [-0.1, -0.05) is 12.1 Å². The molecule has 8 aromatic carbocycles. The number of thiazole rings is 1. The fourth-order valence-corrected chi connectivity index (χ4v) is 9.67. The predicted octanol–water partition coefficient (Wildman–Crippen LogP) is 12.8. The van der Waals surface area contributed by atoms with Crippen LogP contribution in [0.1, 0.15) is 27.8 Å². The highest BCUT2D eigenvalue weighted by Crippen LogP contribution is 2.41. The Kier molecular flexibility index (Phi) is 8.44. The summed E-state index contributed by atoms with van der Waals surface area (Å²) in [4.78, 5) is 5.05. The zero-order valence-corrected chi connectivity index (χ0v) is 33.8. The molecule has 0 saturated carbocycles. The number of nitrogens with zero attached hydrogens (tertiary/aromatic N) is 8. The van der Waals surface area contributed by atoms with E-state index in [1.165, 1.54) is 0 Å². The molecule has 0 unspecified atom stereocenters. The van der Waals surface area contributed by atoms with Crippen LogP contribution in [0.25, 0.3) is 98.0 Å². The van der Waals surface area contributed by atoms with E-state index < -0.39 is 0 Å². The van der Waals surface area contributed by atoms with Crippen LogP contribution in [0.2, 0.25) is 0 Å². The fourth-order valence-electron chi connectivity index (χ4n) is 8.67. The highest BCUT2D eigenvalue weighted by molar-refractivity contribution is 7.21. The van der Waals surface area contributed by atoms with Gasteiger partial charge in [-0.25, -0.2) is 4.98 Å². The van der Waals surface area contributed by atoms with Gasteiger partial charge in [0.15, 0.2) is 0 Å². The van der Waals surface area contributed by atoms with Crippen molar-refractivity contribution in [1.82, 2.24) is 14.1 Å². The largest absolute Gasteiger partial charge is 0.309 e. The van der Waals surface area contributed by atoms with Gasteiger partial charge < -0.3 is 9.13 Å². The van der Waals surface area contributed by atoms with Gasteiger partial charge in [0.25, 0.3) is 0 Å². The van der Waals surface area contributed by atoms with Gasteiger partial charge >= 0.3 is 0 Å². The first-order valence-electron chi connectivity index (χ1n) is 19.9. The molecule has 0 fully saturated rings. The molecule has 8 nitrogen and oxygen atoms in total. The fraction of sp³-hybridized carbons (Fsp3) is 0. The minimum Gasteiger partial charge on any atom is -0.309 e. The smallest absolute Gasteiger partial charge is 0.124 e. The van der Waals surface area contributed by atoms with Gasteiger partial charge in [0, 0.05) is 38.5 Å². The van der Waals surface area contributed by atoms with Gasteiger partial charge in [0.1, 0.15) is 5.01 Å². The summed E-state index contributed by atoms with van der Waals surface area (Å²) >= 11 is 1.54. The highest BCUT2D eigenvalue weighted by Gasteiger charge is 2.19. The van der Waals surface area contributed by atoms with Gasteiger partial charge in [0.2, 0.25) is 0 Å². The third kappa shape index (κ3) is 6.04. The summed E-state index contributed by atoms with van der Waals surface area (Å²) in [7, 11) is 0. The van der Waals surface area contributed by atoms with Crippen LogP contribution < -0.4 is 0 Å². The van der Waals surface area contributed by atoms with Crippen molar-refractivity contribution in [1.29, 1.82) is 26.3 Å². The molecule has 11 aromatic rings. The molecule has 0 saturated heterocycles. The average molecular weight is 819 g/mol. The standard InChI is InChI=1S/C54H26N8S/c55-27-32-1-10-42(11-2-32)61-49-15-6-34(29-57)19-44(49)46-25-37(8-17-51(46)61)39-22-40(24-41(23-39)54-60-48-14-5-36(31-59)21-53(48)63-54)38-9-18-52-47(26-38)45-20-35(30-58)7-16-50(45)62(52)43-12-3-33(28-56)4-13-43/h1-26H. The maximum Gasteiger partial charge on any atom is 0.124 e. The lowest BCUT2D eigenvalue weighted by molar-refractivity contribution is 1.18. The predicted molar refractivity (Wildman–Crippen MR) is 248 cm³/mol. The number of fused-ring (bicyclic) bond motifs is 7. The Balaban J connectivity index is 1.14. The van der Waals surface area contributed by atoms with E-state index in [1.54, 1.807) is 17.4 Å². The Morgan fingerprint density at radius 2 is 0.730 bits per heavy atom. The quantitative estimate of drug-likeness (QED) is 0.169. The molecule has 0 aliphatic rings. The molecule has 0 aliphatic heterocycles. The van der Waals surface area contributed by atoms with Crippen molar-refractivity contribution in [2.24, 2.45) is 0 Å². The van der Waals surface area contributed by atoms with Gasteiger partial charge in [-0.2, -0.15) is 26.3 Å². The minimum absolute atomic E-state index is 0.560. The molecule has 3 heterocycles. The van der Waals surface area contributed by atoms with Crippen molar-refractivity contribution < 1.29 is 0 Å². The molecule has 0 bridgehead atoms. The molecular weight excluding hydrogens is 793 g/mol. The number of aromatic nitrogens is 3. The van der Waals surface area contributed by atoms with E-state index in [9.17, 15) is 26.3 Å². The molecule has 0 N–H and O–H groups in total. The topological polar surface area (TPSA) is 142 Å². The Labute approximate surface area is 364 Å². The molecule has 0 spiro atoms. The van der Waals surface area contributed by atoms with Crippen LogP contribution >= 0.6 is 11.3 Å². The van der Waals surface area contributed by atoms with Crippen LogP contribution in [0.5, 0.6) is 0 Å². The maximum absolute atomic E-state index is 9.94. The van der Waals surface area contributed by atoms with Crippen LogP contribution in [0.4, 0.5) is 0 Å². The summed E-state index contributed by atoms with van der Waals surface area (Å²) in [6.07, 6.45) is 0. The van der Waals surface area contributed by atoms with E-state index in [4.69, 9.17) is 4.98 Å². The molecule has 288 valence electrons. The third-order valence-corrected chi connectivity index (χ3v) is 12.7.